The summed E-state index contributed by atoms with van der Waals surface area (Å²) in [7, 11) is 0. The van der Waals surface area contributed by atoms with E-state index in [1.54, 1.807) is 4.90 Å². The van der Waals surface area contributed by atoms with Crippen LogP contribution in [0.5, 0.6) is 0 Å². The lowest BCUT2D eigenvalue weighted by atomic mass is 9.67. The molecule has 12 aromatic carbocycles. The number of hydrogen-bond donors (Lipinski definition) is 0. The first-order chi connectivity index (χ1) is 42.5. The minimum atomic E-state index is -0.991. The molecule has 0 N–H and O–H groups in total. The van der Waals surface area contributed by atoms with Crippen molar-refractivity contribution in [2.75, 3.05) is 4.90 Å². The minimum absolute atomic E-state index is 0.220. The van der Waals surface area contributed by atoms with Crippen molar-refractivity contribution in [1.29, 1.82) is 0 Å². The van der Waals surface area contributed by atoms with Crippen molar-refractivity contribution >= 4 is 27.8 Å². The Kier molecular flexibility index (Phi) is 7.03. The highest BCUT2D eigenvalue weighted by molar-refractivity contribution is 6.08. The first-order valence-electron chi connectivity index (χ1n) is 31.7. The van der Waals surface area contributed by atoms with E-state index in [4.69, 9.17) is 8.22 Å². The van der Waals surface area contributed by atoms with Crippen LogP contribution in [0.2, 0.25) is 0 Å². The van der Waals surface area contributed by atoms with Gasteiger partial charge in [0, 0.05) is 16.8 Å². The molecule has 0 aliphatic heterocycles. The molecule has 12 aromatic rings. The van der Waals surface area contributed by atoms with Crippen molar-refractivity contribution in [3.63, 3.8) is 0 Å². The molecule has 1 nitrogen and oxygen atoms in total. The fourth-order valence-corrected chi connectivity index (χ4v) is 11.9. The zero-order valence-electron chi connectivity index (χ0n) is 54.1. The second-order valence-corrected chi connectivity index (χ2v) is 18.3. The summed E-state index contributed by atoms with van der Waals surface area (Å²) in [5.41, 5.74) is 7.31. The van der Waals surface area contributed by atoms with Crippen LogP contribution in [0.15, 0.2) is 297 Å². The monoisotopic (exact) mass is 942 g/mol. The molecule has 0 bridgehead atoms. The molecule has 14 rings (SSSR count). The van der Waals surface area contributed by atoms with Gasteiger partial charge in [0.05, 0.1) is 42.8 Å². The summed E-state index contributed by atoms with van der Waals surface area (Å²) in [5.74, 6) is 0. The average molecular weight is 943 g/mol. The largest absolute Gasteiger partial charge is 0.309 e. The maximum Gasteiger partial charge on any atom is 0.0714 e. The second kappa shape index (κ2) is 17.2. The van der Waals surface area contributed by atoms with Gasteiger partial charge in [-0.25, -0.2) is 0 Å². The van der Waals surface area contributed by atoms with Gasteiger partial charge in [0.25, 0.3) is 0 Å². The van der Waals surface area contributed by atoms with Crippen LogP contribution in [0.4, 0.5) is 17.1 Å². The second-order valence-electron chi connectivity index (χ2n) is 18.3. The molecule has 0 unspecified atom stereocenters. The molecule has 0 heterocycles. The smallest absolute Gasteiger partial charge is 0.0714 e. The van der Waals surface area contributed by atoms with Gasteiger partial charge in [-0.05, 0) is 113 Å². The highest BCUT2D eigenvalue weighted by atomic mass is 15.1. The predicted octanol–water partition coefficient (Wildman–Crippen LogP) is 18.4. The van der Waals surface area contributed by atoms with E-state index in [1.807, 2.05) is 133 Å². The highest BCUT2D eigenvalue weighted by Crippen LogP contribution is 2.62. The third-order valence-electron chi connectivity index (χ3n) is 14.7. The van der Waals surface area contributed by atoms with E-state index in [2.05, 4.69) is 72.8 Å². The third-order valence-corrected chi connectivity index (χ3v) is 14.7. The zero-order chi connectivity index (χ0) is 61.4. The molecule has 73 heavy (non-hydrogen) atoms. The molecular formula is C72H49N. The van der Waals surface area contributed by atoms with Gasteiger partial charge in [-0.2, -0.15) is 0 Å². The number of benzene rings is 12. The molecule has 2 aliphatic rings. The first kappa shape index (κ1) is 29.8. The van der Waals surface area contributed by atoms with Gasteiger partial charge in [0.15, 0.2) is 0 Å². The normalized spacial score (nSPS) is 16.3. The third kappa shape index (κ3) is 6.42. The van der Waals surface area contributed by atoms with Crippen molar-refractivity contribution in [3.8, 4) is 44.5 Å². The molecule has 0 atom stereocenters. The Hall–Kier alpha value is -9.30. The van der Waals surface area contributed by atoms with Crippen LogP contribution in [0.3, 0.4) is 0 Å². The van der Waals surface area contributed by atoms with Crippen molar-refractivity contribution in [2.24, 2.45) is 0 Å². The number of rotatable bonds is 9. The zero-order valence-corrected chi connectivity index (χ0v) is 39.1. The first-order valence-corrected chi connectivity index (χ1v) is 24.2. The van der Waals surface area contributed by atoms with E-state index in [-0.39, 0.29) is 16.6 Å². The average Bonchev–Trinajstić information content (AvgIpc) is 1.32. The van der Waals surface area contributed by atoms with Crippen molar-refractivity contribution in [2.45, 2.75) is 10.8 Å². The number of fused-ring (bicyclic) bond motifs is 7. The van der Waals surface area contributed by atoms with Crippen LogP contribution in [-0.4, -0.2) is 0 Å². The Morgan fingerprint density at radius 2 is 0.781 bits per heavy atom. The summed E-state index contributed by atoms with van der Waals surface area (Å²) in [6, 6.07) is 57.7. The van der Waals surface area contributed by atoms with Crippen LogP contribution in [0.1, 0.15) is 65.1 Å². The van der Waals surface area contributed by atoms with Crippen LogP contribution in [0.25, 0.3) is 55.3 Å². The van der Waals surface area contributed by atoms with E-state index in [0.29, 0.717) is 16.9 Å². The summed E-state index contributed by atoms with van der Waals surface area (Å²) in [6.07, 6.45) is 0. The van der Waals surface area contributed by atoms with Crippen LogP contribution < -0.4 is 4.90 Å². The summed E-state index contributed by atoms with van der Waals surface area (Å²) < 4.78 is 141. The summed E-state index contributed by atoms with van der Waals surface area (Å²) in [6.45, 7) is 0. The molecular weight excluding hydrogens is 879 g/mol. The van der Waals surface area contributed by atoms with Crippen molar-refractivity contribution in [1.82, 2.24) is 0 Å². The van der Waals surface area contributed by atoms with E-state index in [1.165, 1.54) is 0 Å². The van der Waals surface area contributed by atoms with Crippen LogP contribution in [-0.2, 0) is 10.8 Å². The quantitative estimate of drug-likeness (QED) is 0.139. The van der Waals surface area contributed by atoms with Gasteiger partial charge in [-0.15, -0.1) is 0 Å². The summed E-state index contributed by atoms with van der Waals surface area (Å²) in [5, 5.41) is -0.774. The predicted molar refractivity (Wildman–Crippen MR) is 304 cm³/mol. The molecule has 0 aromatic heterocycles. The molecule has 1 heteroatoms. The van der Waals surface area contributed by atoms with Gasteiger partial charge < -0.3 is 4.90 Å². The fourth-order valence-electron chi connectivity index (χ4n) is 11.9. The van der Waals surface area contributed by atoms with E-state index in [9.17, 15) is 12.3 Å². The summed E-state index contributed by atoms with van der Waals surface area (Å²) >= 11 is 0. The van der Waals surface area contributed by atoms with Crippen LogP contribution in [0, 0.1) is 0 Å². The van der Waals surface area contributed by atoms with Gasteiger partial charge in [0.1, 0.15) is 0 Å². The lowest BCUT2D eigenvalue weighted by Crippen LogP contribution is -2.29. The number of nitrogens with zero attached hydrogens (tertiary/aromatic N) is 1. The highest BCUT2D eigenvalue weighted by Gasteiger charge is 2.49. The molecule has 0 fully saturated rings. The Balaban J connectivity index is 1.19. The van der Waals surface area contributed by atoms with Gasteiger partial charge in [-0.1, -0.05) is 273 Å². The molecule has 0 saturated heterocycles. The van der Waals surface area contributed by atoms with Crippen LogP contribution >= 0.6 is 0 Å². The maximum atomic E-state index is 10.6. The van der Waals surface area contributed by atoms with Gasteiger partial charge in [0.2, 0.25) is 0 Å². The standard InChI is InChI=1S/C72H49N/c1-6-23-50(24-7-1)51-41-43-53(44-42-51)69-59-34-17-16-25-52(59)45-48-68(69)73(58-46-47-61-60-35-18-20-37-63(60)72(66(61)49-58,56-30-12-4-13-31-56)57-32-14-5-15-33-57)67-40-22-39-65-70(67)62-36-19-21-38-64(62)71(65,54-26-8-2-9-27-54)55-28-10-3-11-29-55/h1-49H/i1D,6D,7D,16D,17D,23D,24D,25D,34D,41D,42D,43D,44D,45D,48D. The molecule has 0 spiro atoms. The number of anilines is 3. The fraction of sp³-hybridized carbons (Fsp3) is 0.0278. The van der Waals surface area contributed by atoms with Crippen molar-refractivity contribution in [3.05, 3.63) is 341 Å². The Morgan fingerprint density at radius 1 is 0.301 bits per heavy atom. The maximum absolute atomic E-state index is 10.6. The van der Waals surface area contributed by atoms with E-state index < -0.39 is 124 Å². The topological polar surface area (TPSA) is 3.24 Å². The Morgan fingerprint density at radius 3 is 1.41 bits per heavy atom. The van der Waals surface area contributed by atoms with Crippen molar-refractivity contribution < 1.29 is 20.6 Å². The minimum Gasteiger partial charge on any atom is -0.309 e. The Labute approximate surface area is 448 Å². The molecule has 0 saturated carbocycles. The van der Waals surface area contributed by atoms with E-state index in [0.717, 1.165) is 61.2 Å². The van der Waals surface area contributed by atoms with Gasteiger partial charge in [-0.3, -0.25) is 0 Å². The molecule has 0 amide bonds. The lowest BCUT2D eigenvalue weighted by Gasteiger charge is -2.36. The lowest BCUT2D eigenvalue weighted by molar-refractivity contribution is 0.768. The number of hydrogen-bond acceptors (Lipinski definition) is 1. The Bertz CT molecular complexity index is 4780. The summed E-state index contributed by atoms with van der Waals surface area (Å²) in [4.78, 5) is 1.78. The SMILES string of the molecule is [2H]c1c([2H])c([2H])c(-c2c([2H])c([2H])c(-c3c(N(c4ccc5c(c4)C(c4ccccc4)(c4ccccc4)c4ccccc4-5)c4cccc5c4-c4ccccc4C5(c4ccccc4)c4ccccc4)c([2H])c([2H])c4c([2H])c([2H])c([2H])c([2H])c34)c([2H])c2[2H])c([2H])c1[2H]. The van der Waals surface area contributed by atoms with Gasteiger partial charge >= 0.3 is 0 Å². The molecule has 342 valence electrons. The molecule has 2 aliphatic carbocycles. The molecule has 0 radical (unpaired) electrons. The van der Waals surface area contributed by atoms with E-state index >= 15 is 0 Å².